The smallest absolute Gasteiger partial charge is 0.126 e. The lowest BCUT2D eigenvalue weighted by Gasteiger charge is -1.89. The minimum absolute atomic E-state index is 1.07. The monoisotopic (exact) mass is 207 g/mol. The van der Waals surface area contributed by atoms with Crippen molar-refractivity contribution in [2.75, 3.05) is 0 Å². The Balaban J connectivity index is 2.24. The Bertz CT molecular complexity index is 416. The van der Waals surface area contributed by atoms with Gasteiger partial charge in [0.25, 0.3) is 0 Å². The number of rotatable bonds is 3. The van der Waals surface area contributed by atoms with E-state index in [0.29, 0.717) is 0 Å². The summed E-state index contributed by atoms with van der Waals surface area (Å²) in [5, 5.41) is 7.33. The van der Waals surface area contributed by atoms with E-state index in [1.807, 2.05) is 19.4 Å². The van der Waals surface area contributed by atoms with E-state index in [1.54, 1.807) is 16.0 Å². The van der Waals surface area contributed by atoms with Gasteiger partial charge >= 0.3 is 0 Å². The van der Waals surface area contributed by atoms with Crippen LogP contribution in [0.15, 0.2) is 17.8 Å². The van der Waals surface area contributed by atoms with E-state index < -0.39 is 0 Å². The van der Waals surface area contributed by atoms with Crippen LogP contribution in [0.4, 0.5) is 0 Å². The Morgan fingerprint density at radius 2 is 2.36 bits per heavy atom. The summed E-state index contributed by atoms with van der Waals surface area (Å²) < 4.78 is 1.80. The zero-order valence-corrected chi connectivity index (χ0v) is 9.21. The van der Waals surface area contributed by atoms with Crippen LogP contribution >= 0.6 is 11.3 Å². The van der Waals surface area contributed by atoms with Crippen molar-refractivity contribution < 1.29 is 0 Å². The van der Waals surface area contributed by atoms with Gasteiger partial charge in [0.05, 0.1) is 11.9 Å². The number of aromatic nitrogens is 3. The van der Waals surface area contributed by atoms with Gasteiger partial charge in [-0.05, 0) is 6.42 Å². The molecule has 0 saturated heterocycles. The minimum Gasteiger partial charge on any atom is -0.275 e. The van der Waals surface area contributed by atoms with E-state index >= 15 is 0 Å². The normalized spacial score (nSPS) is 10.7. The van der Waals surface area contributed by atoms with Gasteiger partial charge in [0.1, 0.15) is 5.01 Å². The highest BCUT2D eigenvalue weighted by atomic mass is 32.1. The van der Waals surface area contributed by atoms with Crippen LogP contribution in [0.25, 0.3) is 10.6 Å². The number of hydrogen-bond acceptors (Lipinski definition) is 3. The summed E-state index contributed by atoms with van der Waals surface area (Å²) in [5.74, 6) is 0. The maximum atomic E-state index is 4.55. The standard InChI is InChI=1S/C10H13N3S/c1-3-4-9-7-14-10(12-9)8-5-11-13(2)6-8/h5-7H,3-4H2,1-2H3. The van der Waals surface area contributed by atoms with Crippen molar-refractivity contribution in [1.29, 1.82) is 0 Å². The quantitative estimate of drug-likeness (QED) is 0.774. The Morgan fingerprint density at radius 3 is 3.00 bits per heavy atom. The average molecular weight is 207 g/mol. The molecule has 0 aliphatic carbocycles. The fourth-order valence-corrected chi connectivity index (χ4v) is 2.17. The molecule has 0 amide bonds. The maximum Gasteiger partial charge on any atom is 0.126 e. The van der Waals surface area contributed by atoms with Crippen LogP contribution in [0, 0.1) is 0 Å². The first-order valence-electron chi connectivity index (χ1n) is 4.73. The Kier molecular flexibility index (Phi) is 2.63. The lowest BCUT2D eigenvalue weighted by molar-refractivity contribution is 0.768. The van der Waals surface area contributed by atoms with Crippen molar-refractivity contribution >= 4 is 11.3 Å². The van der Waals surface area contributed by atoms with Gasteiger partial charge in [0.2, 0.25) is 0 Å². The summed E-state index contributed by atoms with van der Waals surface area (Å²) >= 11 is 1.69. The molecule has 2 aromatic rings. The third-order valence-electron chi connectivity index (χ3n) is 2.01. The van der Waals surface area contributed by atoms with Crippen molar-refractivity contribution in [2.24, 2.45) is 7.05 Å². The molecule has 0 saturated carbocycles. The summed E-state index contributed by atoms with van der Waals surface area (Å²) in [7, 11) is 1.92. The molecule has 0 aromatic carbocycles. The van der Waals surface area contributed by atoms with E-state index in [1.165, 1.54) is 5.69 Å². The first-order chi connectivity index (χ1) is 6.79. The molecule has 0 N–H and O–H groups in total. The van der Waals surface area contributed by atoms with Crippen LogP contribution in [0.3, 0.4) is 0 Å². The molecular formula is C10H13N3S. The predicted molar refractivity (Wildman–Crippen MR) is 58.3 cm³/mol. The Hall–Kier alpha value is -1.16. The predicted octanol–water partition coefficient (Wildman–Crippen LogP) is 2.50. The lowest BCUT2D eigenvalue weighted by atomic mass is 10.3. The second-order valence-electron chi connectivity index (χ2n) is 3.30. The van der Waals surface area contributed by atoms with Gasteiger partial charge in [0.15, 0.2) is 0 Å². The highest BCUT2D eigenvalue weighted by molar-refractivity contribution is 7.13. The largest absolute Gasteiger partial charge is 0.275 e. The second-order valence-corrected chi connectivity index (χ2v) is 4.15. The van der Waals surface area contributed by atoms with E-state index in [9.17, 15) is 0 Å². The van der Waals surface area contributed by atoms with Crippen LogP contribution in [-0.2, 0) is 13.5 Å². The summed E-state index contributed by atoms with van der Waals surface area (Å²) in [4.78, 5) is 4.55. The molecule has 0 fully saturated rings. The maximum absolute atomic E-state index is 4.55. The van der Waals surface area contributed by atoms with E-state index in [0.717, 1.165) is 23.4 Å². The summed E-state index contributed by atoms with van der Waals surface area (Å²) in [6.07, 6.45) is 6.07. The molecule has 2 aromatic heterocycles. The van der Waals surface area contributed by atoms with Gasteiger partial charge in [-0.3, -0.25) is 4.68 Å². The lowest BCUT2D eigenvalue weighted by Crippen LogP contribution is -1.84. The van der Waals surface area contributed by atoms with Crippen molar-refractivity contribution in [2.45, 2.75) is 19.8 Å². The van der Waals surface area contributed by atoms with Crippen LogP contribution < -0.4 is 0 Å². The summed E-state index contributed by atoms with van der Waals surface area (Å²) in [6, 6.07) is 0. The molecule has 0 bridgehead atoms. The number of aryl methyl sites for hydroxylation is 2. The van der Waals surface area contributed by atoms with Crippen LogP contribution in [0.1, 0.15) is 19.0 Å². The minimum atomic E-state index is 1.07. The SMILES string of the molecule is CCCc1csc(-c2cnn(C)c2)n1. The highest BCUT2D eigenvalue weighted by Gasteiger charge is 2.05. The van der Waals surface area contributed by atoms with Crippen molar-refractivity contribution in [3.63, 3.8) is 0 Å². The molecule has 14 heavy (non-hydrogen) atoms. The third kappa shape index (κ3) is 1.85. The van der Waals surface area contributed by atoms with Crippen molar-refractivity contribution in [3.8, 4) is 10.6 Å². The molecule has 0 radical (unpaired) electrons. The van der Waals surface area contributed by atoms with E-state index in [4.69, 9.17) is 0 Å². The number of hydrogen-bond donors (Lipinski definition) is 0. The molecule has 0 spiro atoms. The molecule has 0 unspecified atom stereocenters. The fourth-order valence-electron chi connectivity index (χ4n) is 1.34. The van der Waals surface area contributed by atoms with Crippen LogP contribution in [-0.4, -0.2) is 14.8 Å². The topological polar surface area (TPSA) is 30.7 Å². The van der Waals surface area contributed by atoms with Gasteiger partial charge in [-0.2, -0.15) is 5.10 Å². The Labute approximate surface area is 87.4 Å². The van der Waals surface area contributed by atoms with E-state index in [-0.39, 0.29) is 0 Å². The fraction of sp³-hybridized carbons (Fsp3) is 0.400. The van der Waals surface area contributed by atoms with Crippen LogP contribution in [0.5, 0.6) is 0 Å². The molecule has 0 atom stereocenters. The zero-order chi connectivity index (χ0) is 9.97. The van der Waals surface area contributed by atoms with Gasteiger partial charge in [-0.25, -0.2) is 4.98 Å². The summed E-state index contributed by atoms with van der Waals surface area (Å²) in [5.41, 5.74) is 2.30. The molecule has 74 valence electrons. The second kappa shape index (κ2) is 3.92. The number of thiazole rings is 1. The van der Waals surface area contributed by atoms with Gasteiger partial charge in [0, 0.05) is 24.2 Å². The molecule has 2 heterocycles. The highest BCUT2D eigenvalue weighted by Crippen LogP contribution is 2.23. The van der Waals surface area contributed by atoms with Gasteiger partial charge in [-0.15, -0.1) is 11.3 Å². The first kappa shape index (κ1) is 9.40. The first-order valence-corrected chi connectivity index (χ1v) is 5.61. The van der Waals surface area contributed by atoms with Crippen molar-refractivity contribution in [1.82, 2.24) is 14.8 Å². The average Bonchev–Trinajstić information content (AvgIpc) is 2.74. The van der Waals surface area contributed by atoms with Gasteiger partial charge in [-0.1, -0.05) is 13.3 Å². The molecule has 3 nitrogen and oxygen atoms in total. The Morgan fingerprint density at radius 1 is 1.50 bits per heavy atom. The van der Waals surface area contributed by atoms with Crippen molar-refractivity contribution in [3.05, 3.63) is 23.5 Å². The van der Waals surface area contributed by atoms with Gasteiger partial charge < -0.3 is 0 Å². The third-order valence-corrected chi connectivity index (χ3v) is 2.95. The molecule has 2 rings (SSSR count). The molecule has 0 aliphatic rings. The van der Waals surface area contributed by atoms with Crippen LogP contribution in [0.2, 0.25) is 0 Å². The van der Waals surface area contributed by atoms with E-state index in [2.05, 4.69) is 22.4 Å². The zero-order valence-electron chi connectivity index (χ0n) is 8.40. The number of nitrogens with zero attached hydrogens (tertiary/aromatic N) is 3. The summed E-state index contributed by atoms with van der Waals surface area (Å²) in [6.45, 7) is 2.17. The molecular weight excluding hydrogens is 194 g/mol. The molecule has 4 heteroatoms. The molecule has 0 aliphatic heterocycles.